The Morgan fingerprint density at radius 2 is 1.62 bits per heavy atom. The molecule has 0 aliphatic carbocycles. The molecule has 0 unspecified atom stereocenters. The number of aromatic nitrogens is 2. The number of benzene rings is 2. The monoisotopic (exact) mass is 388 g/mol. The molecule has 6 nitrogen and oxygen atoms in total. The lowest BCUT2D eigenvalue weighted by atomic mass is 10.1. The molecule has 3 aromatic rings. The lowest BCUT2D eigenvalue weighted by Crippen LogP contribution is -2.46. The highest BCUT2D eigenvalue weighted by Gasteiger charge is 2.21. The van der Waals surface area contributed by atoms with E-state index in [4.69, 9.17) is 5.73 Å². The number of nitrogens with zero attached hydrogens (tertiary/aromatic N) is 4. The van der Waals surface area contributed by atoms with E-state index in [1.54, 1.807) is 6.33 Å². The van der Waals surface area contributed by atoms with Gasteiger partial charge in [0.1, 0.15) is 12.0 Å². The first kappa shape index (κ1) is 19.2. The number of nitrogens with two attached hydrogens (primary N) is 1. The van der Waals surface area contributed by atoms with Crippen molar-refractivity contribution in [2.75, 3.05) is 42.1 Å². The minimum atomic E-state index is 0.601. The average molecular weight is 389 g/mol. The summed E-state index contributed by atoms with van der Waals surface area (Å²) in [5.41, 5.74) is 10.7. The molecule has 0 amide bonds. The van der Waals surface area contributed by atoms with Gasteiger partial charge in [0.05, 0.1) is 0 Å². The fraction of sp³-hybridized carbons (Fsp3) is 0.304. The molecule has 1 aliphatic heterocycles. The quantitative estimate of drug-likeness (QED) is 0.671. The SMILES string of the molecule is CCc1ccc(Nc2ncnc(N3CCN(Cc4ccccc4)CC3)c2N)cc1. The van der Waals surface area contributed by atoms with E-state index in [-0.39, 0.29) is 0 Å². The van der Waals surface area contributed by atoms with Crippen LogP contribution in [0.15, 0.2) is 60.9 Å². The summed E-state index contributed by atoms with van der Waals surface area (Å²) in [5, 5.41) is 3.33. The molecule has 150 valence electrons. The van der Waals surface area contributed by atoms with E-state index in [2.05, 4.69) is 86.6 Å². The molecule has 1 fully saturated rings. The van der Waals surface area contributed by atoms with E-state index >= 15 is 0 Å². The van der Waals surface area contributed by atoms with Gasteiger partial charge < -0.3 is 16.0 Å². The Hall–Kier alpha value is -3.12. The molecule has 0 atom stereocenters. The van der Waals surface area contributed by atoms with Crippen molar-refractivity contribution in [3.8, 4) is 0 Å². The van der Waals surface area contributed by atoms with Crippen LogP contribution in [0, 0.1) is 0 Å². The predicted octanol–water partition coefficient (Wildman–Crippen LogP) is 3.69. The molecule has 1 aromatic heterocycles. The molecule has 3 N–H and O–H groups in total. The van der Waals surface area contributed by atoms with Crippen molar-refractivity contribution in [3.63, 3.8) is 0 Å². The molecule has 0 radical (unpaired) electrons. The lowest BCUT2D eigenvalue weighted by molar-refractivity contribution is 0.249. The highest BCUT2D eigenvalue weighted by molar-refractivity contribution is 5.78. The molecule has 0 bridgehead atoms. The van der Waals surface area contributed by atoms with Crippen LogP contribution in [0.1, 0.15) is 18.1 Å². The van der Waals surface area contributed by atoms with Gasteiger partial charge in [0.25, 0.3) is 0 Å². The average Bonchev–Trinajstić information content (AvgIpc) is 2.77. The van der Waals surface area contributed by atoms with Gasteiger partial charge in [-0.3, -0.25) is 4.90 Å². The van der Waals surface area contributed by atoms with Gasteiger partial charge >= 0.3 is 0 Å². The van der Waals surface area contributed by atoms with Crippen LogP contribution >= 0.6 is 0 Å². The number of aryl methyl sites for hydroxylation is 1. The molecule has 0 spiro atoms. The number of hydrogen-bond donors (Lipinski definition) is 2. The van der Waals surface area contributed by atoms with Crippen LogP contribution in [0.3, 0.4) is 0 Å². The van der Waals surface area contributed by atoms with Gasteiger partial charge in [-0.2, -0.15) is 0 Å². The van der Waals surface area contributed by atoms with Gasteiger partial charge in [0, 0.05) is 38.4 Å². The summed E-state index contributed by atoms with van der Waals surface area (Å²) in [6, 6.07) is 19.0. The highest BCUT2D eigenvalue weighted by Crippen LogP contribution is 2.29. The lowest BCUT2D eigenvalue weighted by Gasteiger charge is -2.36. The summed E-state index contributed by atoms with van der Waals surface area (Å²) in [6.07, 6.45) is 2.61. The first-order chi connectivity index (χ1) is 14.2. The zero-order valence-corrected chi connectivity index (χ0v) is 16.9. The molecular formula is C23H28N6. The largest absolute Gasteiger partial charge is 0.393 e. The molecule has 6 heteroatoms. The van der Waals surface area contributed by atoms with Crippen LogP contribution in [-0.2, 0) is 13.0 Å². The Bertz CT molecular complexity index is 918. The van der Waals surface area contributed by atoms with E-state index < -0.39 is 0 Å². The standard InChI is InChI=1S/C23H28N6/c1-2-18-8-10-20(11-9-18)27-22-21(24)23(26-17-25-22)29-14-12-28(13-15-29)16-19-6-4-3-5-7-19/h3-11,17H,2,12-16,24H2,1H3,(H,25,26,27). The molecule has 1 aliphatic rings. The van der Waals surface area contributed by atoms with Crippen molar-refractivity contribution in [3.05, 3.63) is 72.1 Å². The number of nitrogens with one attached hydrogen (secondary N) is 1. The minimum absolute atomic E-state index is 0.601. The van der Waals surface area contributed by atoms with Crippen molar-refractivity contribution in [2.24, 2.45) is 0 Å². The summed E-state index contributed by atoms with van der Waals surface area (Å²) >= 11 is 0. The second-order valence-corrected chi connectivity index (χ2v) is 7.38. The van der Waals surface area contributed by atoms with E-state index in [0.29, 0.717) is 11.5 Å². The second kappa shape index (κ2) is 8.92. The third-order valence-corrected chi connectivity index (χ3v) is 5.41. The Morgan fingerprint density at radius 1 is 0.897 bits per heavy atom. The number of anilines is 4. The fourth-order valence-corrected chi connectivity index (χ4v) is 3.66. The fourth-order valence-electron chi connectivity index (χ4n) is 3.66. The molecule has 2 heterocycles. The van der Waals surface area contributed by atoms with Crippen LogP contribution in [-0.4, -0.2) is 41.0 Å². The van der Waals surface area contributed by atoms with Gasteiger partial charge in [-0.05, 0) is 29.7 Å². The summed E-state index contributed by atoms with van der Waals surface area (Å²) < 4.78 is 0. The Balaban J connectivity index is 1.41. The summed E-state index contributed by atoms with van der Waals surface area (Å²) in [7, 11) is 0. The zero-order valence-electron chi connectivity index (χ0n) is 16.9. The zero-order chi connectivity index (χ0) is 20.1. The van der Waals surface area contributed by atoms with E-state index in [1.165, 1.54) is 11.1 Å². The third-order valence-electron chi connectivity index (χ3n) is 5.41. The van der Waals surface area contributed by atoms with Gasteiger partial charge in [0.15, 0.2) is 11.6 Å². The maximum Gasteiger partial charge on any atom is 0.159 e. The Labute approximate surface area is 172 Å². The van der Waals surface area contributed by atoms with Gasteiger partial charge in [-0.1, -0.05) is 49.4 Å². The van der Waals surface area contributed by atoms with Crippen LogP contribution in [0.2, 0.25) is 0 Å². The number of piperazine rings is 1. The summed E-state index contributed by atoms with van der Waals surface area (Å²) in [4.78, 5) is 13.6. The third kappa shape index (κ3) is 4.66. The first-order valence-corrected chi connectivity index (χ1v) is 10.2. The summed E-state index contributed by atoms with van der Waals surface area (Å²) in [5.74, 6) is 1.47. The van der Waals surface area contributed by atoms with Gasteiger partial charge in [-0.15, -0.1) is 0 Å². The maximum absolute atomic E-state index is 6.43. The smallest absolute Gasteiger partial charge is 0.159 e. The van der Waals surface area contributed by atoms with E-state index in [1.807, 2.05) is 0 Å². The van der Waals surface area contributed by atoms with E-state index in [9.17, 15) is 0 Å². The first-order valence-electron chi connectivity index (χ1n) is 10.2. The molecule has 0 saturated carbocycles. The Morgan fingerprint density at radius 3 is 2.31 bits per heavy atom. The molecule has 4 rings (SSSR count). The number of rotatable bonds is 6. The Kier molecular flexibility index (Phi) is 5.91. The number of nitrogen functional groups attached to an aromatic ring is 1. The minimum Gasteiger partial charge on any atom is -0.393 e. The molecule has 1 saturated heterocycles. The van der Waals surface area contributed by atoms with Crippen LogP contribution in [0.5, 0.6) is 0 Å². The van der Waals surface area contributed by atoms with Crippen LogP contribution in [0.25, 0.3) is 0 Å². The second-order valence-electron chi connectivity index (χ2n) is 7.38. The normalized spacial score (nSPS) is 14.7. The molecular weight excluding hydrogens is 360 g/mol. The van der Waals surface area contributed by atoms with Crippen molar-refractivity contribution >= 4 is 23.0 Å². The van der Waals surface area contributed by atoms with E-state index in [0.717, 1.165) is 50.6 Å². The van der Waals surface area contributed by atoms with Gasteiger partial charge in [-0.25, -0.2) is 9.97 Å². The van der Waals surface area contributed by atoms with Crippen molar-refractivity contribution < 1.29 is 0 Å². The van der Waals surface area contributed by atoms with Crippen LogP contribution in [0.4, 0.5) is 23.0 Å². The van der Waals surface area contributed by atoms with Crippen molar-refractivity contribution in [1.82, 2.24) is 14.9 Å². The van der Waals surface area contributed by atoms with Crippen molar-refractivity contribution in [2.45, 2.75) is 19.9 Å². The number of hydrogen-bond acceptors (Lipinski definition) is 6. The molecule has 29 heavy (non-hydrogen) atoms. The topological polar surface area (TPSA) is 70.3 Å². The summed E-state index contributed by atoms with van der Waals surface area (Å²) in [6.45, 7) is 6.90. The van der Waals surface area contributed by atoms with Crippen LogP contribution < -0.4 is 16.0 Å². The molecule has 2 aromatic carbocycles. The predicted molar refractivity (Wildman–Crippen MR) is 119 cm³/mol. The van der Waals surface area contributed by atoms with Gasteiger partial charge in [0.2, 0.25) is 0 Å². The maximum atomic E-state index is 6.43. The highest BCUT2D eigenvalue weighted by atomic mass is 15.3. The van der Waals surface area contributed by atoms with Crippen molar-refractivity contribution in [1.29, 1.82) is 0 Å².